The van der Waals surface area contributed by atoms with Crippen LogP contribution < -0.4 is 5.32 Å². The third kappa shape index (κ3) is 3.44. The Hall–Kier alpha value is -2.56. The highest BCUT2D eigenvalue weighted by molar-refractivity contribution is 5.94. The van der Waals surface area contributed by atoms with E-state index in [1.807, 2.05) is 40.9 Å². The summed E-state index contributed by atoms with van der Waals surface area (Å²) in [5, 5.41) is 3.00. The summed E-state index contributed by atoms with van der Waals surface area (Å²) in [6.45, 7) is 2.16. The summed E-state index contributed by atoms with van der Waals surface area (Å²) >= 11 is 0. The van der Waals surface area contributed by atoms with Gasteiger partial charge < -0.3 is 9.73 Å². The molecule has 1 amide bonds. The van der Waals surface area contributed by atoms with Crippen molar-refractivity contribution in [2.75, 3.05) is 5.32 Å². The minimum absolute atomic E-state index is 0.0135. The average molecular weight is 311 g/mol. The number of rotatable bonds is 7. The second-order valence-corrected chi connectivity index (χ2v) is 5.57. The Morgan fingerprint density at radius 1 is 1.22 bits per heavy atom. The van der Waals surface area contributed by atoms with Crippen LogP contribution in [0.2, 0.25) is 0 Å². The number of carbonyl (C=O) groups excluding carboxylic acids is 1. The molecule has 1 N–H and O–H groups in total. The highest BCUT2D eigenvalue weighted by atomic mass is 16.3. The molecule has 3 aromatic heterocycles. The van der Waals surface area contributed by atoms with Crippen LogP contribution in [0.15, 0.2) is 47.2 Å². The number of anilines is 1. The van der Waals surface area contributed by atoms with Crippen molar-refractivity contribution < 1.29 is 9.21 Å². The molecule has 0 saturated heterocycles. The zero-order chi connectivity index (χ0) is 16.1. The maximum absolute atomic E-state index is 12.3. The normalized spacial score (nSPS) is 11.0. The van der Waals surface area contributed by atoms with E-state index in [1.165, 1.54) is 6.42 Å². The zero-order valence-corrected chi connectivity index (χ0v) is 13.3. The summed E-state index contributed by atoms with van der Waals surface area (Å²) in [5.74, 6) is 1.32. The Balaban J connectivity index is 1.84. The van der Waals surface area contributed by atoms with Gasteiger partial charge in [0, 0.05) is 12.6 Å². The quantitative estimate of drug-likeness (QED) is 0.653. The van der Waals surface area contributed by atoms with Crippen molar-refractivity contribution in [2.24, 2.45) is 0 Å². The molecule has 0 saturated carbocycles. The molecule has 0 aromatic carbocycles. The molecule has 0 atom stereocenters. The molecule has 23 heavy (non-hydrogen) atoms. The van der Waals surface area contributed by atoms with Gasteiger partial charge >= 0.3 is 0 Å². The first kappa shape index (κ1) is 15.3. The van der Waals surface area contributed by atoms with Gasteiger partial charge in [-0.1, -0.05) is 32.3 Å². The van der Waals surface area contributed by atoms with Gasteiger partial charge in [-0.15, -0.1) is 0 Å². The largest absolute Gasteiger partial charge is 0.463 e. The van der Waals surface area contributed by atoms with Gasteiger partial charge in [0.05, 0.1) is 6.26 Å². The molecule has 120 valence electrons. The van der Waals surface area contributed by atoms with Crippen LogP contribution in [0.3, 0.4) is 0 Å². The van der Waals surface area contributed by atoms with Crippen molar-refractivity contribution in [3.05, 3.63) is 42.8 Å². The number of fused-ring (bicyclic) bond motifs is 1. The molecule has 5 nitrogen and oxygen atoms in total. The van der Waals surface area contributed by atoms with Crippen LogP contribution in [-0.4, -0.2) is 15.3 Å². The summed E-state index contributed by atoms with van der Waals surface area (Å²) in [6.07, 6.45) is 8.35. The lowest BCUT2D eigenvalue weighted by Gasteiger charge is -2.06. The fourth-order valence-electron chi connectivity index (χ4n) is 2.61. The van der Waals surface area contributed by atoms with E-state index in [2.05, 4.69) is 17.2 Å². The van der Waals surface area contributed by atoms with Crippen LogP contribution in [0.1, 0.15) is 39.0 Å². The Kier molecular flexibility index (Phi) is 4.76. The highest BCUT2D eigenvalue weighted by Gasteiger charge is 2.17. The van der Waals surface area contributed by atoms with Crippen LogP contribution in [0.4, 0.5) is 5.82 Å². The molecule has 3 rings (SSSR count). The van der Waals surface area contributed by atoms with Crippen molar-refractivity contribution in [2.45, 2.75) is 39.0 Å². The number of nitrogens with zero attached hydrogens (tertiary/aromatic N) is 2. The van der Waals surface area contributed by atoms with Crippen LogP contribution in [-0.2, 0) is 4.79 Å². The number of carbonyl (C=O) groups is 1. The maximum Gasteiger partial charge on any atom is 0.225 e. The number of imidazole rings is 1. The third-order valence-electron chi connectivity index (χ3n) is 3.80. The summed E-state index contributed by atoms with van der Waals surface area (Å²) in [5.41, 5.74) is 1.43. The molecule has 5 heteroatoms. The Bertz CT molecular complexity index is 775. The number of furan rings is 1. The first-order valence-corrected chi connectivity index (χ1v) is 8.10. The maximum atomic E-state index is 12.3. The van der Waals surface area contributed by atoms with E-state index in [0.717, 1.165) is 24.9 Å². The van der Waals surface area contributed by atoms with Crippen LogP contribution in [0.25, 0.3) is 17.1 Å². The number of aromatic nitrogens is 2. The van der Waals surface area contributed by atoms with Crippen molar-refractivity contribution in [3.63, 3.8) is 0 Å². The summed E-state index contributed by atoms with van der Waals surface area (Å²) in [6, 6.07) is 9.40. The molecular weight excluding hydrogens is 290 g/mol. The predicted molar refractivity (Wildman–Crippen MR) is 90.3 cm³/mol. The third-order valence-corrected chi connectivity index (χ3v) is 3.80. The van der Waals surface area contributed by atoms with Gasteiger partial charge in [0.2, 0.25) is 5.91 Å². The average Bonchev–Trinajstić information content (AvgIpc) is 3.20. The SMILES string of the molecule is CCCCCCC(=O)Nc1c(-c2ccco2)nc2ccccn12. The van der Waals surface area contributed by atoms with Crippen LogP contribution in [0, 0.1) is 0 Å². The number of unbranched alkanes of at least 4 members (excludes halogenated alkanes) is 3. The van der Waals surface area contributed by atoms with E-state index in [4.69, 9.17) is 4.42 Å². The first-order chi connectivity index (χ1) is 11.3. The van der Waals surface area contributed by atoms with Gasteiger partial charge in [0.1, 0.15) is 17.2 Å². The van der Waals surface area contributed by atoms with E-state index >= 15 is 0 Å². The molecule has 0 unspecified atom stereocenters. The molecule has 0 radical (unpaired) electrons. The van der Waals surface area contributed by atoms with Gasteiger partial charge in [-0.25, -0.2) is 4.98 Å². The Labute approximate surface area is 135 Å². The summed E-state index contributed by atoms with van der Waals surface area (Å²) in [7, 11) is 0. The molecular formula is C18H21N3O2. The summed E-state index contributed by atoms with van der Waals surface area (Å²) in [4.78, 5) is 16.8. The number of hydrogen-bond acceptors (Lipinski definition) is 3. The van der Waals surface area contributed by atoms with E-state index in [-0.39, 0.29) is 5.91 Å². The Morgan fingerprint density at radius 3 is 2.91 bits per heavy atom. The molecule has 0 aliphatic rings. The number of nitrogens with one attached hydrogen (secondary N) is 1. The summed E-state index contributed by atoms with van der Waals surface area (Å²) < 4.78 is 7.33. The zero-order valence-electron chi connectivity index (χ0n) is 13.3. The molecule has 0 spiro atoms. The lowest BCUT2D eigenvalue weighted by Crippen LogP contribution is -2.13. The minimum atomic E-state index is 0.0135. The van der Waals surface area contributed by atoms with E-state index in [1.54, 1.807) is 6.26 Å². The fraction of sp³-hybridized carbons (Fsp3) is 0.333. The van der Waals surface area contributed by atoms with Gasteiger partial charge in [-0.3, -0.25) is 9.20 Å². The van der Waals surface area contributed by atoms with Crippen molar-refractivity contribution in [1.82, 2.24) is 9.38 Å². The van der Waals surface area contributed by atoms with E-state index < -0.39 is 0 Å². The molecule has 3 aromatic rings. The van der Waals surface area contributed by atoms with Crippen LogP contribution >= 0.6 is 0 Å². The second-order valence-electron chi connectivity index (χ2n) is 5.57. The molecule has 0 aliphatic carbocycles. The van der Waals surface area contributed by atoms with Crippen LogP contribution in [0.5, 0.6) is 0 Å². The van der Waals surface area contributed by atoms with E-state index in [9.17, 15) is 4.79 Å². The monoisotopic (exact) mass is 311 g/mol. The van der Waals surface area contributed by atoms with Gasteiger partial charge in [0.15, 0.2) is 5.76 Å². The Morgan fingerprint density at radius 2 is 2.13 bits per heavy atom. The standard InChI is InChI=1S/C18H21N3O2/c1-2-3-4-5-11-16(22)20-18-17(14-9-8-13-23-14)19-15-10-6-7-12-21(15)18/h6-10,12-13H,2-5,11H2,1H3,(H,20,22). The number of amides is 1. The molecule has 0 bridgehead atoms. The highest BCUT2D eigenvalue weighted by Crippen LogP contribution is 2.29. The van der Waals surface area contributed by atoms with Crippen molar-refractivity contribution in [1.29, 1.82) is 0 Å². The number of hydrogen-bond donors (Lipinski definition) is 1. The smallest absolute Gasteiger partial charge is 0.225 e. The first-order valence-electron chi connectivity index (χ1n) is 8.10. The second kappa shape index (κ2) is 7.13. The topological polar surface area (TPSA) is 59.5 Å². The fourth-order valence-corrected chi connectivity index (χ4v) is 2.61. The number of pyridine rings is 1. The predicted octanol–water partition coefficient (Wildman–Crippen LogP) is 4.50. The van der Waals surface area contributed by atoms with Gasteiger partial charge in [-0.05, 0) is 30.7 Å². The lowest BCUT2D eigenvalue weighted by molar-refractivity contribution is -0.116. The van der Waals surface area contributed by atoms with Gasteiger partial charge in [-0.2, -0.15) is 0 Å². The molecule has 0 fully saturated rings. The van der Waals surface area contributed by atoms with Crippen molar-refractivity contribution >= 4 is 17.4 Å². The van der Waals surface area contributed by atoms with Crippen molar-refractivity contribution in [3.8, 4) is 11.5 Å². The minimum Gasteiger partial charge on any atom is -0.463 e. The molecule has 3 heterocycles. The van der Waals surface area contributed by atoms with Gasteiger partial charge in [0.25, 0.3) is 0 Å². The molecule has 0 aliphatic heterocycles. The lowest BCUT2D eigenvalue weighted by atomic mass is 10.1. The van der Waals surface area contributed by atoms with E-state index in [0.29, 0.717) is 23.7 Å².